The van der Waals surface area contributed by atoms with Crippen molar-refractivity contribution in [2.75, 3.05) is 23.7 Å². The molecule has 2 amide bonds. The summed E-state index contributed by atoms with van der Waals surface area (Å²) in [7, 11) is 0. The van der Waals surface area contributed by atoms with Crippen LogP contribution in [0.1, 0.15) is 22.8 Å². The van der Waals surface area contributed by atoms with Crippen molar-refractivity contribution in [3.05, 3.63) is 59.4 Å². The Labute approximate surface area is 140 Å². The van der Waals surface area contributed by atoms with E-state index in [4.69, 9.17) is 0 Å². The maximum Gasteiger partial charge on any atom is 0.251 e. The van der Waals surface area contributed by atoms with Crippen molar-refractivity contribution in [2.45, 2.75) is 13.8 Å². The van der Waals surface area contributed by atoms with E-state index in [1.54, 1.807) is 43.3 Å². The number of carbonyl (C=O) groups excluding carboxylic acids is 2. The summed E-state index contributed by atoms with van der Waals surface area (Å²) in [6, 6.07) is 11.4. The van der Waals surface area contributed by atoms with Crippen LogP contribution in [0.15, 0.2) is 42.5 Å². The van der Waals surface area contributed by atoms with E-state index in [0.29, 0.717) is 29.0 Å². The second-order valence-electron chi connectivity index (χ2n) is 5.31. The van der Waals surface area contributed by atoms with E-state index in [0.717, 1.165) is 0 Å². The third-order valence-corrected chi connectivity index (χ3v) is 3.37. The van der Waals surface area contributed by atoms with E-state index < -0.39 is 0 Å². The lowest BCUT2D eigenvalue weighted by Gasteiger charge is -2.09. The second kappa shape index (κ2) is 8.10. The molecule has 0 aromatic heterocycles. The molecule has 0 aliphatic carbocycles. The molecular formula is C18H20FN3O2. The van der Waals surface area contributed by atoms with Crippen molar-refractivity contribution in [3.8, 4) is 0 Å². The summed E-state index contributed by atoms with van der Waals surface area (Å²) >= 11 is 0. The molecule has 0 saturated heterocycles. The third-order valence-electron chi connectivity index (χ3n) is 3.37. The van der Waals surface area contributed by atoms with E-state index >= 15 is 0 Å². The van der Waals surface area contributed by atoms with Crippen LogP contribution in [0.5, 0.6) is 0 Å². The quantitative estimate of drug-likeness (QED) is 0.763. The molecule has 0 bridgehead atoms. The van der Waals surface area contributed by atoms with Gasteiger partial charge in [-0.25, -0.2) is 4.39 Å². The van der Waals surface area contributed by atoms with Crippen LogP contribution < -0.4 is 16.0 Å². The van der Waals surface area contributed by atoms with Gasteiger partial charge >= 0.3 is 0 Å². The van der Waals surface area contributed by atoms with Gasteiger partial charge in [-0.05, 0) is 49.7 Å². The summed E-state index contributed by atoms with van der Waals surface area (Å²) in [5.74, 6) is -0.805. The van der Waals surface area contributed by atoms with Crippen LogP contribution in [-0.2, 0) is 4.79 Å². The predicted octanol–water partition coefficient (Wildman–Crippen LogP) is 2.93. The fraction of sp³-hybridized carbons (Fsp3) is 0.222. The maximum absolute atomic E-state index is 13.5. The van der Waals surface area contributed by atoms with E-state index in [1.807, 2.05) is 6.92 Å². The number of halogens is 1. The molecule has 0 saturated carbocycles. The lowest BCUT2D eigenvalue weighted by atomic mass is 10.2. The minimum atomic E-state index is -0.324. The number of hydrogen-bond donors (Lipinski definition) is 3. The molecule has 126 valence electrons. The minimum Gasteiger partial charge on any atom is -0.376 e. The molecule has 6 heteroatoms. The molecule has 2 rings (SSSR count). The number of carbonyl (C=O) groups is 2. The van der Waals surface area contributed by atoms with E-state index in [1.165, 1.54) is 6.07 Å². The predicted molar refractivity (Wildman–Crippen MR) is 92.7 cm³/mol. The zero-order chi connectivity index (χ0) is 17.5. The minimum absolute atomic E-state index is 0.00607. The number of aryl methyl sites for hydroxylation is 1. The van der Waals surface area contributed by atoms with Crippen molar-refractivity contribution in [1.82, 2.24) is 5.32 Å². The zero-order valence-corrected chi connectivity index (χ0v) is 13.7. The van der Waals surface area contributed by atoms with Crippen molar-refractivity contribution in [3.63, 3.8) is 0 Å². The Hall–Kier alpha value is -2.89. The molecule has 2 aromatic carbocycles. The van der Waals surface area contributed by atoms with Gasteiger partial charge in [0.15, 0.2) is 0 Å². The van der Waals surface area contributed by atoms with Gasteiger partial charge in [-0.1, -0.05) is 12.1 Å². The van der Waals surface area contributed by atoms with Gasteiger partial charge in [0.1, 0.15) is 5.82 Å². The standard InChI is InChI=1S/C18H20FN3O2/c1-3-20-18(24)13-5-4-6-15(9-13)22-17(23)11-21-14-8-7-12(2)16(19)10-14/h4-10,21H,3,11H2,1-2H3,(H,20,24)(H,22,23). The molecule has 0 spiro atoms. The lowest BCUT2D eigenvalue weighted by Crippen LogP contribution is -2.24. The van der Waals surface area contributed by atoms with Gasteiger partial charge in [0.05, 0.1) is 6.54 Å². The second-order valence-corrected chi connectivity index (χ2v) is 5.31. The molecular weight excluding hydrogens is 309 g/mol. The molecule has 0 unspecified atom stereocenters. The van der Waals surface area contributed by atoms with Crippen molar-refractivity contribution in [1.29, 1.82) is 0 Å². The van der Waals surface area contributed by atoms with Crippen LogP contribution in [-0.4, -0.2) is 24.9 Å². The largest absolute Gasteiger partial charge is 0.376 e. The Kier molecular flexibility index (Phi) is 5.89. The van der Waals surface area contributed by atoms with Crippen molar-refractivity contribution < 1.29 is 14.0 Å². The summed E-state index contributed by atoms with van der Waals surface area (Å²) in [6.45, 7) is 4.04. The molecule has 0 radical (unpaired) electrons. The summed E-state index contributed by atoms with van der Waals surface area (Å²) in [4.78, 5) is 23.8. The fourth-order valence-corrected chi connectivity index (χ4v) is 2.09. The first-order valence-electron chi connectivity index (χ1n) is 7.67. The summed E-state index contributed by atoms with van der Waals surface area (Å²) in [5, 5.41) is 8.26. The fourth-order valence-electron chi connectivity index (χ4n) is 2.09. The zero-order valence-electron chi connectivity index (χ0n) is 13.7. The first-order chi connectivity index (χ1) is 11.5. The average Bonchev–Trinajstić information content (AvgIpc) is 2.56. The molecule has 24 heavy (non-hydrogen) atoms. The van der Waals surface area contributed by atoms with Crippen LogP contribution >= 0.6 is 0 Å². The number of hydrogen-bond acceptors (Lipinski definition) is 3. The van der Waals surface area contributed by atoms with Gasteiger partial charge in [-0.15, -0.1) is 0 Å². The molecule has 0 atom stereocenters. The molecule has 0 fully saturated rings. The van der Waals surface area contributed by atoms with Gasteiger partial charge in [0.2, 0.25) is 5.91 Å². The van der Waals surface area contributed by atoms with E-state index in [9.17, 15) is 14.0 Å². The first-order valence-corrected chi connectivity index (χ1v) is 7.67. The summed E-state index contributed by atoms with van der Waals surface area (Å²) in [6.07, 6.45) is 0. The molecule has 0 aliphatic rings. The lowest BCUT2D eigenvalue weighted by molar-refractivity contribution is -0.114. The van der Waals surface area contributed by atoms with Crippen LogP contribution in [0.2, 0.25) is 0 Å². The number of anilines is 2. The Morgan fingerprint density at radius 1 is 1.08 bits per heavy atom. The molecule has 0 aliphatic heterocycles. The molecule has 2 aromatic rings. The smallest absolute Gasteiger partial charge is 0.251 e. The molecule has 3 N–H and O–H groups in total. The maximum atomic E-state index is 13.5. The Morgan fingerprint density at radius 3 is 2.58 bits per heavy atom. The Bertz CT molecular complexity index is 747. The van der Waals surface area contributed by atoms with Gasteiger partial charge in [-0.3, -0.25) is 9.59 Å². The Morgan fingerprint density at radius 2 is 1.88 bits per heavy atom. The summed E-state index contributed by atoms with van der Waals surface area (Å²) in [5.41, 5.74) is 2.08. The molecule has 5 nitrogen and oxygen atoms in total. The highest BCUT2D eigenvalue weighted by molar-refractivity contribution is 5.98. The van der Waals surface area contributed by atoms with Crippen LogP contribution in [0.3, 0.4) is 0 Å². The van der Waals surface area contributed by atoms with Crippen molar-refractivity contribution in [2.24, 2.45) is 0 Å². The van der Waals surface area contributed by atoms with E-state index in [2.05, 4.69) is 16.0 Å². The Balaban J connectivity index is 1.93. The van der Waals surface area contributed by atoms with Gasteiger partial charge < -0.3 is 16.0 Å². The third kappa shape index (κ3) is 4.81. The van der Waals surface area contributed by atoms with Gasteiger partial charge in [0, 0.05) is 23.5 Å². The first kappa shape index (κ1) is 17.5. The van der Waals surface area contributed by atoms with E-state index in [-0.39, 0.29) is 24.2 Å². The van der Waals surface area contributed by atoms with Crippen LogP contribution in [0.4, 0.5) is 15.8 Å². The number of amides is 2. The highest BCUT2D eigenvalue weighted by Gasteiger charge is 2.07. The topological polar surface area (TPSA) is 70.2 Å². The average molecular weight is 329 g/mol. The number of nitrogens with one attached hydrogen (secondary N) is 3. The number of rotatable bonds is 6. The molecule has 0 heterocycles. The highest BCUT2D eigenvalue weighted by atomic mass is 19.1. The highest BCUT2D eigenvalue weighted by Crippen LogP contribution is 2.14. The van der Waals surface area contributed by atoms with Gasteiger partial charge in [-0.2, -0.15) is 0 Å². The number of benzene rings is 2. The van der Waals surface area contributed by atoms with Crippen LogP contribution in [0.25, 0.3) is 0 Å². The summed E-state index contributed by atoms with van der Waals surface area (Å²) < 4.78 is 13.5. The van der Waals surface area contributed by atoms with Crippen molar-refractivity contribution >= 4 is 23.2 Å². The monoisotopic (exact) mass is 329 g/mol. The van der Waals surface area contributed by atoms with Crippen LogP contribution in [0, 0.1) is 12.7 Å². The normalized spacial score (nSPS) is 10.1. The SMILES string of the molecule is CCNC(=O)c1cccc(NC(=O)CNc2ccc(C)c(F)c2)c1. The van der Waals surface area contributed by atoms with Gasteiger partial charge in [0.25, 0.3) is 5.91 Å².